The van der Waals surface area contributed by atoms with Gasteiger partial charge in [-0.3, -0.25) is 13.9 Å². The van der Waals surface area contributed by atoms with Gasteiger partial charge in [-0.2, -0.15) is 0 Å². The summed E-state index contributed by atoms with van der Waals surface area (Å²) in [4.78, 5) is 26.3. The first kappa shape index (κ1) is 25.6. The van der Waals surface area contributed by atoms with Gasteiger partial charge in [0.15, 0.2) is 0 Å². The van der Waals surface area contributed by atoms with Crippen molar-refractivity contribution in [1.82, 2.24) is 14.9 Å². The smallest absolute Gasteiger partial charge is 0.239 e. The molecule has 0 bridgehead atoms. The third kappa shape index (κ3) is 4.04. The van der Waals surface area contributed by atoms with E-state index < -0.39 is 16.2 Å². The highest BCUT2D eigenvalue weighted by atomic mass is 32.2. The summed E-state index contributed by atoms with van der Waals surface area (Å²) in [6.45, 7) is 3.85. The molecule has 2 atom stereocenters. The van der Waals surface area contributed by atoms with E-state index in [1.54, 1.807) is 4.90 Å². The molecular weight excluding hydrogens is 520 g/mol. The third-order valence-corrected chi connectivity index (χ3v) is 10.5. The molecule has 2 aromatic carbocycles. The molecule has 7 nitrogen and oxygen atoms in total. The van der Waals surface area contributed by atoms with Crippen LogP contribution in [0, 0.1) is 0 Å². The summed E-state index contributed by atoms with van der Waals surface area (Å²) in [5.74, 6) is 0.0922. The Bertz CT molecular complexity index is 1600. The molecule has 3 aliphatic rings. The van der Waals surface area contributed by atoms with Crippen LogP contribution in [-0.2, 0) is 32.3 Å². The van der Waals surface area contributed by atoms with E-state index in [1.165, 1.54) is 5.56 Å². The standard InChI is InChI=1S/C32H34N4O3S/c1-35-25-18-33-30-27(28(25)32(31(35)37)14-17-39-20-32)26(22-6-4-3-5-7-22)29(34-30)23-10-8-21(9-11-23)19-36-15-12-24(13-16-36)40(2)38/h3-11,18,24H,12-17,19-20H2,1-2H3,(H,33,34). The Hall–Kier alpha value is -3.33. The number of likely N-dealkylation sites (N-methyl/N-ethyl adjacent to an activating group) is 1. The van der Waals surface area contributed by atoms with Crippen LogP contribution in [0.5, 0.6) is 0 Å². The second-order valence-electron chi connectivity index (χ2n) is 11.4. The van der Waals surface area contributed by atoms with Crippen molar-refractivity contribution in [3.05, 3.63) is 71.9 Å². The van der Waals surface area contributed by atoms with Gasteiger partial charge in [0.2, 0.25) is 5.91 Å². The summed E-state index contributed by atoms with van der Waals surface area (Å²) in [6.07, 6.45) is 6.33. The van der Waals surface area contributed by atoms with Gasteiger partial charge in [-0.1, -0.05) is 54.6 Å². The number of hydrogen-bond acceptors (Lipinski definition) is 5. The molecule has 1 spiro atoms. The first-order chi connectivity index (χ1) is 19.5. The fraction of sp³-hybridized carbons (Fsp3) is 0.375. The van der Waals surface area contributed by atoms with Crippen LogP contribution in [0.2, 0.25) is 0 Å². The summed E-state index contributed by atoms with van der Waals surface area (Å²) >= 11 is 0. The summed E-state index contributed by atoms with van der Waals surface area (Å²) in [5.41, 5.74) is 7.57. The summed E-state index contributed by atoms with van der Waals surface area (Å²) in [5, 5.41) is 1.35. The molecule has 2 aromatic heterocycles. The Morgan fingerprint density at radius 2 is 1.82 bits per heavy atom. The maximum Gasteiger partial charge on any atom is 0.239 e. The van der Waals surface area contributed by atoms with Gasteiger partial charge < -0.3 is 14.6 Å². The van der Waals surface area contributed by atoms with Crippen molar-refractivity contribution in [1.29, 1.82) is 0 Å². The number of rotatable bonds is 5. The monoisotopic (exact) mass is 554 g/mol. The van der Waals surface area contributed by atoms with E-state index in [0.717, 1.165) is 77.1 Å². The van der Waals surface area contributed by atoms with Crippen LogP contribution in [0.15, 0.2) is 60.8 Å². The largest absolute Gasteiger partial charge is 0.380 e. The number of ether oxygens (including phenoxy) is 1. The van der Waals surface area contributed by atoms with E-state index in [4.69, 9.17) is 9.72 Å². The fourth-order valence-corrected chi connectivity index (χ4v) is 7.77. The molecule has 7 rings (SSSR count). The number of hydrogen-bond donors (Lipinski definition) is 1. The maximum absolute atomic E-state index is 13.6. The number of amides is 1. The van der Waals surface area contributed by atoms with E-state index in [0.29, 0.717) is 24.9 Å². The molecule has 1 N–H and O–H groups in total. The molecule has 8 heteroatoms. The predicted octanol–water partition coefficient (Wildman–Crippen LogP) is 4.87. The van der Waals surface area contributed by atoms with Crippen LogP contribution in [0.3, 0.4) is 0 Å². The Balaban J connectivity index is 1.30. The molecule has 0 radical (unpaired) electrons. The van der Waals surface area contributed by atoms with Crippen molar-refractivity contribution >= 4 is 33.4 Å². The first-order valence-corrected chi connectivity index (χ1v) is 15.7. The Kier molecular flexibility index (Phi) is 6.37. The quantitative estimate of drug-likeness (QED) is 0.381. The Morgan fingerprint density at radius 1 is 1.07 bits per heavy atom. The zero-order chi connectivity index (χ0) is 27.4. The molecule has 206 valence electrons. The lowest BCUT2D eigenvalue weighted by Gasteiger charge is -2.30. The molecular formula is C32H34N4O3S. The van der Waals surface area contributed by atoms with Gasteiger partial charge in [0, 0.05) is 59.0 Å². The average Bonchev–Trinajstić information content (AvgIpc) is 3.68. The number of H-pyrrole nitrogens is 1. The average molecular weight is 555 g/mol. The van der Waals surface area contributed by atoms with E-state index in [-0.39, 0.29) is 5.91 Å². The zero-order valence-corrected chi connectivity index (χ0v) is 23.8. The number of benzene rings is 2. The van der Waals surface area contributed by atoms with E-state index in [9.17, 15) is 9.00 Å². The van der Waals surface area contributed by atoms with Crippen LogP contribution in [0.4, 0.5) is 5.69 Å². The van der Waals surface area contributed by atoms with Crippen molar-refractivity contribution in [2.45, 2.75) is 36.5 Å². The van der Waals surface area contributed by atoms with Crippen LogP contribution in [0.1, 0.15) is 30.4 Å². The molecule has 0 aliphatic carbocycles. The summed E-state index contributed by atoms with van der Waals surface area (Å²) < 4.78 is 17.7. The van der Waals surface area contributed by atoms with Crippen LogP contribution in [-0.4, -0.2) is 69.8 Å². The highest BCUT2D eigenvalue weighted by Crippen LogP contribution is 2.52. The number of anilines is 1. The summed E-state index contributed by atoms with van der Waals surface area (Å²) in [6, 6.07) is 19.2. The minimum atomic E-state index is -0.734. The Morgan fingerprint density at radius 3 is 2.50 bits per heavy atom. The second kappa shape index (κ2) is 9.94. The molecule has 0 saturated carbocycles. The highest BCUT2D eigenvalue weighted by Gasteiger charge is 2.54. The highest BCUT2D eigenvalue weighted by molar-refractivity contribution is 7.84. The maximum atomic E-state index is 13.6. The van der Waals surface area contributed by atoms with Gasteiger partial charge in [0.05, 0.1) is 24.2 Å². The number of aromatic amines is 1. The van der Waals surface area contributed by atoms with Gasteiger partial charge >= 0.3 is 0 Å². The number of nitrogens with zero attached hydrogens (tertiary/aromatic N) is 3. The zero-order valence-electron chi connectivity index (χ0n) is 23.0. The molecule has 2 saturated heterocycles. The lowest BCUT2D eigenvalue weighted by Crippen LogP contribution is -2.39. The Labute approximate surface area is 237 Å². The minimum Gasteiger partial charge on any atom is -0.380 e. The fourth-order valence-electron chi connectivity index (χ4n) is 6.90. The van der Waals surface area contributed by atoms with Crippen molar-refractivity contribution in [3.63, 3.8) is 0 Å². The molecule has 3 aliphatic heterocycles. The molecule has 4 aromatic rings. The minimum absolute atomic E-state index is 0.0922. The van der Waals surface area contributed by atoms with Crippen molar-refractivity contribution in [2.75, 3.05) is 44.5 Å². The summed E-state index contributed by atoms with van der Waals surface area (Å²) in [7, 11) is 1.11. The van der Waals surface area contributed by atoms with Gasteiger partial charge in [-0.05, 0) is 49.0 Å². The van der Waals surface area contributed by atoms with Gasteiger partial charge in [0.25, 0.3) is 0 Å². The third-order valence-electron chi connectivity index (χ3n) is 9.09. The van der Waals surface area contributed by atoms with Gasteiger partial charge in [0.1, 0.15) is 11.1 Å². The molecule has 2 unspecified atom stereocenters. The van der Waals surface area contributed by atoms with Gasteiger partial charge in [-0.15, -0.1) is 0 Å². The van der Waals surface area contributed by atoms with Crippen molar-refractivity contribution in [3.8, 4) is 22.4 Å². The number of likely N-dealkylation sites (tertiary alicyclic amines) is 1. The molecule has 40 heavy (non-hydrogen) atoms. The number of nitrogens with one attached hydrogen (secondary N) is 1. The number of piperidine rings is 1. The molecule has 5 heterocycles. The SMILES string of the molecule is CN1C(=O)C2(CCOC2)c2c1cnc1[nH]c(-c3ccc(CN4CCC(S(C)=O)CC4)cc3)c(-c3ccccc3)c21. The number of carbonyl (C=O) groups excluding carboxylic acids is 1. The van der Waals surface area contributed by atoms with E-state index in [1.807, 2.05) is 25.6 Å². The van der Waals surface area contributed by atoms with E-state index >= 15 is 0 Å². The molecule has 1 amide bonds. The molecule has 2 fully saturated rings. The van der Waals surface area contributed by atoms with Crippen LogP contribution in [0.25, 0.3) is 33.4 Å². The number of aromatic nitrogens is 2. The van der Waals surface area contributed by atoms with Crippen LogP contribution >= 0.6 is 0 Å². The van der Waals surface area contributed by atoms with Gasteiger partial charge in [-0.25, -0.2) is 4.98 Å². The predicted molar refractivity (Wildman–Crippen MR) is 160 cm³/mol. The second-order valence-corrected chi connectivity index (χ2v) is 13.1. The van der Waals surface area contributed by atoms with E-state index in [2.05, 4.69) is 58.4 Å². The number of fused-ring (bicyclic) bond motifs is 4. The van der Waals surface area contributed by atoms with Crippen LogP contribution < -0.4 is 4.90 Å². The lowest BCUT2D eigenvalue weighted by molar-refractivity contribution is -0.122. The normalized spacial score (nSPS) is 22.4. The first-order valence-electron chi connectivity index (χ1n) is 14.1. The topological polar surface area (TPSA) is 78.5 Å². The van der Waals surface area contributed by atoms with Crippen molar-refractivity contribution < 1.29 is 13.7 Å². The number of carbonyl (C=O) groups is 1. The number of pyridine rings is 1. The lowest BCUT2D eigenvalue weighted by atomic mass is 9.78. The van der Waals surface area contributed by atoms with Crippen molar-refractivity contribution in [2.24, 2.45) is 0 Å².